The lowest BCUT2D eigenvalue weighted by Gasteiger charge is -2.04. The Morgan fingerprint density at radius 2 is 2.17 bits per heavy atom. The molecule has 0 aromatic carbocycles. The van der Waals surface area contributed by atoms with E-state index in [2.05, 4.69) is 15.4 Å². The predicted octanol–water partition coefficient (Wildman–Crippen LogP) is -0.686. The molecular formula is C7H16N2O3. The van der Waals surface area contributed by atoms with E-state index in [1.54, 1.807) is 0 Å². The van der Waals surface area contributed by atoms with Crippen LogP contribution >= 0.6 is 0 Å². The zero-order valence-electron chi connectivity index (χ0n) is 7.30. The Kier molecular flexibility index (Phi) is 7.73. The fraction of sp³-hybridized carbons (Fsp3) is 0.857. The summed E-state index contributed by atoms with van der Waals surface area (Å²) in [6.45, 7) is 2.18. The fourth-order valence-electron chi connectivity index (χ4n) is 0.654. The first-order valence-corrected chi connectivity index (χ1v) is 3.94. The normalized spacial score (nSPS) is 9.50. The second-order valence-electron chi connectivity index (χ2n) is 2.25. The molecule has 0 aromatic rings. The number of alkyl carbamates (subject to hydrolysis) is 1. The number of rotatable bonds is 6. The minimum Gasteiger partial charge on any atom is -0.453 e. The summed E-state index contributed by atoms with van der Waals surface area (Å²) >= 11 is 0. The van der Waals surface area contributed by atoms with Gasteiger partial charge >= 0.3 is 6.09 Å². The van der Waals surface area contributed by atoms with Crippen LogP contribution in [0.5, 0.6) is 0 Å². The van der Waals surface area contributed by atoms with Gasteiger partial charge in [0.1, 0.15) is 0 Å². The van der Waals surface area contributed by atoms with Gasteiger partial charge in [-0.2, -0.15) is 0 Å². The Morgan fingerprint density at radius 1 is 1.42 bits per heavy atom. The van der Waals surface area contributed by atoms with Crippen LogP contribution in [-0.2, 0) is 4.74 Å². The molecule has 0 unspecified atom stereocenters. The number of hydrogen-bond acceptors (Lipinski definition) is 4. The standard InChI is InChI=1S/C7H16N2O3/c1-12-7(11)9-5-4-8-3-2-6-10/h8,10H,2-6H2,1H3,(H,9,11). The second-order valence-corrected chi connectivity index (χ2v) is 2.25. The molecule has 0 aliphatic heterocycles. The van der Waals surface area contributed by atoms with Crippen LogP contribution in [0.25, 0.3) is 0 Å². The van der Waals surface area contributed by atoms with Gasteiger partial charge in [-0.15, -0.1) is 0 Å². The molecule has 1 amide bonds. The molecule has 0 aliphatic carbocycles. The minimum atomic E-state index is -0.418. The van der Waals surface area contributed by atoms with Crippen molar-refractivity contribution < 1.29 is 14.6 Å². The first-order valence-electron chi connectivity index (χ1n) is 3.94. The van der Waals surface area contributed by atoms with Crippen LogP contribution < -0.4 is 10.6 Å². The van der Waals surface area contributed by atoms with Gasteiger partial charge in [0.15, 0.2) is 0 Å². The smallest absolute Gasteiger partial charge is 0.406 e. The highest BCUT2D eigenvalue weighted by atomic mass is 16.5. The Labute approximate surface area is 72.1 Å². The van der Waals surface area contributed by atoms with Crippen molar-refractivity contribution in [3.63, 3.8) is 0 Å². The number of hydrogen-bond donors (Lipinski definition) is 3. The van der Waals surface area contributed by atoms with Crippen LogP contribution in [0, 0.1) is 0 Å². The fourth-order valence-corrected chi connectivity index (χ4v) is 0.654. The monoisotopic (exact) mass is 176 g/mol. The third-order valence-electron chi connectivity index (χ3n) is 1.27. The molecule has 0 spiro atoms. The number of aliphatic hydroxyl groups excluding tert-OH is 1. The summed E-state index contributed by atoms with van der Waals surface area (Å²) < 4.78 is 4.36. The van der Waals surface area contributed by atoms with Crippen molar-refractivity contribution in [3.05, 3.63) is 0 Å². The number of amides is 1. The largest absolute Gasteiger partial charge is 0.453 e. The van der Waals surface area contributed by atoms with Crippen molar-refractivity contribution >= 4 is 6.09 Å². The molecule has 3 N–H and O–H groups in total. The molecule has 0 aliphatic rings. The lowest BCUT2D eigenvalue weighted by atomic mass is 10.4. The highest BCUT2D eigenvalue weighted by Crippen LogP contribution is 1.72. The van der Waals surface area contributed by atoms with E-state index in [-0.39, 0.29) is 6.61 Å². The number of methoxy groups -OCH3 is 1. The molecular weight excluding hydrogens is 160 g/mol. The lowest BCUT2D eigenvalue weighted by Crippen LogP contribution is -2.32. The minimum absolute atomic E-state index is 0.192. The molecule has 0 saturated heterocycles. The van der Waals surface area contributed by atoms with Crippen LogP contribution in [0.3, 0.4) is 0 Å². The quantitative estimate of drug-likeness (QED) is 0.469. The summed E-state index contributed by atoms with van der Waals surface area (Å²) in [5.74, 6) is 0. The van der Waals surface area contributed by atoms with E-state index < -0.39 is 6.09 Å². The van der Waals surface area contributed by atoms with Crippen LogP contribution in [0.4, 0.5) is 4.79 Å². The van der Waals surface area contributed by atoms with E-state index in [1.807, 2.05) is 0 Å². The molecule has 0 atom stereocenters. The van der Waals surface area contributed by atoms with E-state index in [0.29, 0.717) is 13.1 Å². The molecule has 0 fully saturated rings. The van der Waals surface area contributed by atoms with Crippen molar-refractivity contribution in [2.24, 2.45) is 0 Å². The summed E-state index contributed by atoms with van der Waals surface area (Å²) in [6, 6.07) is 0. The topological polar surface area (TPSA) is 70.6 Å². The third kappa shape index (κ3) is 7.30. The second kappa shape index (κ2) is 8.29. The third-order valence-corrected chi connectivity index (χ3v) is 1.27. The summed E-state index contributed by atoms with van der Waals surface area (Å²) in [7, 11) is 1.33. The molecule has 12 heavy (non-hydrogen) atoms. The molecule has 0 aromatic heterocycles. The van der Waals surface area contributed by atoms with Gasteiger partial charge in [0.2, 0.25) is 0 Å². The molecule has 0 heterocycles. The van der Waals surface area contributed by atoms with Gasteiger partial charge in [-0.25, -0.2) is 4.79 Å². The van der Waals surface area contributed by atoms with Crippen LogP contribution in [-0.4, -0.2) is 44.6 Å². The Bertz CT molecular complexity index is 119. The van der Waals surface area contributed by atoms with Crippen LogP contribution in [0.1, 0.15) is 6.42 Å². The van der Waals surface area contributed by atoms with Crippen LogP contribution in [0.2, 0.25) is 0 Å². The number of aliphatic hydroxyl groups is 1. The Morgan fingerprint density at radius 3 is 2.75 bits per heavy atom. The lowest BCUT2D eigenvalue weighted by molar-refractivity contribution is 0.171. The summed E-state index contributed by atoms with van der Waals surface area (Å²) in [5, 5.41) is 14.0. The highest BCUT2D eigenvalue weighted by molar-refractivity contribution is 5.66. The average Bonchev–Trinajstić information content (AvgIpc) is 2.10. The van der Waals surface area contributed by atoms with Crippen molar-refractivity contribution in [1.82, 2.24) is 10.6 Å². The molecule has 0 radical (unpaired) electrons. The van der Waals surface area contributed by atoms with E-state index in [4.69, 9.17) is 5.11 Å². The number of nitrogens with one attached hydrogen (secondary N) is 2. The predicted molar refractivity (Wildman–Crippen MR) is 45.0 cm³/mol. The highest BCUT2D eigenvalue weighted by Gasteiger charge is 1.94. The molecule has 5 heteroatoms. The van der Waals surface area contributed by atoms with Crippen LogP contribution in [0.15, 0.2) is 0 Å². The Balaban J connectivity index is 2.95. The number of carbonyl (C=O) groups is 1. The summed E-state index contributed by atoms with van der Waals surface area (Å²) in [4.78, 5) is 10.5. The number of ether oxygens (including phenoxy) is 1. The van der Waals surface area contributed by atoms with E-state index in [0.717, 1.165) is 13.0 Å². The Hall–Kier alpha value is -0.810. The zero-order chi connectivity index (χ0) is 9.23. The maximum Gasteiger partial charge on any atom is 0.406 e. The van der Waals surface area contributed by atoms with Gasteiger partial charge in [0.05, 0.1) is 7.11 Å². The summed E-state index contributed by atoms with van der Waals surface area (Å²) in [5.41, 5.74) is 0. The van der Waals surface area contributed by atoms with Crippen molar-refractivity contribution in [2.45, 2.75) is 6.42 Å². The maximum absolute atomic E-state index is 10.5. The van der Waals surface area contributed by atoms with Gasteiger partial charge in [0, 0.05) is 19.7 Å². The van der Waals surface area contributed by atoms with Crippen molar-refractivity contribution in [3.8, 4) is 0 Å². The summed E-state index contributed by atoms with van der Waals surface area (Å²) in [6.07, 6.45) is 0.317. The van der Waals surface area contributed by atoms with Crippen molar-refractivity contribution in [2.75, 3.05) is 33.4 Å². The van der Waals surface area contributed by atoms with E-state index in [1.165, 1.54) is 7.11 Å². The molecule has 0 rings (SSSR count). The van der Waals surface area contributed by atoms with E-state index >= 15 is 0 Å². The van der Waals surface area contributed by atoms with E-state index in [9.17, 15) is 4.79 Å². The molecule has 0 bridgehead atoms. The first kappa shape index (κ1) is 11.2. The molecule has 72 valence electrons. The zero-order valence-corrected chi connectivity index (χ0v) is 7.30. The molecule has 0 saturated carbocycles. The maximum atomic E-state index is 10.5. The first-order chi connectivity index (χ1) is 5.81. The van der Waals surface area contributed by atoms with Gasteiger partial charge < -0.3 is 20.5 Å². The number of carbonyl (C=O) groups excluding carboxylic acids is 1. The van der Waals surface area contributed by atoms with Gasteiger partial charge in [0.25, 0.3) is 0 Å². The van der Waals surface area contributed by atoms with Crippen molar-refractivity contribution in [1.29, 1.82) is 0 Å². The van der Waals surface area contributed by atoms with Gasteiger partial charge in [-0.1, -0.05) is 0 Å². The molecule has 5 nitrogen and oxygen atoms in total. The SMILES string of the molecule is COC(=O)NCCNCCCO. The van der Waals surface area contributed by atoms with Gasteiger partial charge in [-0.05, 0) is 13.0 Å². The van der Waals surface area contributed by atoms with Gasteiger partial charge in [-0.3, -0.25) is 0 Å². The average molecular weight is 176 g/mol.